The van der Waals surface area contributed by atoms with Crippen LogP contribution in [-0.2, 0) is 0 Å². The fraction of sp³-hybridized carbons (Fsp3) is 0.300. The smallest absolute Gasteiger partial charge is 0.0997 e. The number of alkyl halides is 1. The lowest BCUT2D eigenvalue weighted by atomic mass is 10.0. The summed E-state index contributed by atoms with van der Waals surface area (Å²) in [4.78, 5) is 0. The molecule has 0 aromatic heterocycles. The van der Waals surface area contributed by atoms with Gasteiger partial charge in [-0.25, -0.2) is 0 Å². The second-order valence-electron chi connectivity index (χ2n) is 2.88. The number of hydrogen-bond donors (Lipinski definition) is 0. The van der Waals surface area contributed by atoms with E-state index in [4.69, 9.17) is 11.6 Å². The fourth-order valence-corrected chi connectivity index (χ4v) is 1.10. The molecule has 12 heavy (non-hydrogen) atoms. The molecule has 0 aliphatic heterocycles. The second-order valence-corrected chi connectivity index (χ2v) is 3.29. The van der Waals surface area contributed by atoms with Crippen molar-refractivity contribution in [3.63, 3.8) is 0 Å². The van der Waals surface area contributed by atoms with Crippen LogP contribution >= 0.6 is 11.6 Å². The maximum Gasteiger partial charge on any atom is 0.0997 e. The van der Waals surface area contributed by atoms with Crippen LogP contribution in [0.1, 0.15) is 18.1 Å². The quantitative estimate of drug-likeness (QED) is 0.661. The summed E-state index contributed by atoms with van der Waals surface area (Å²) in [5.41, 5.74) is 1.92. The van der Waals surface area contributed by atoms with Gasteiger partial charge >= 0.3 is 0 Å². The lowest BCUT2D eigenvalue weighted by molar-refractivity contribution is 0.516. The molecule has 0 atom stereocenters. The normalized spacial score (nSPS) is 10.8. The summed E-state index contributed by atoms with van der Waals surface area (Å²) < 4.78 is 12.2. The van der Waals surface area contributed by atoms with Gasteiger partial charge in [0.05, 0.1) is 6.67 Å². The molecule has 0 spiro atoms. The lowest BCUT2D eigenvalue weighted by Crippen LogP contribution is -1.96. The zero-order chi connectivity index (χ0) is 9.14. The highest BCUT2D eigenvalue weighted by Crippen LogP contribution is 2.21. The molecule has 0 aliphatic carbocycles. The first-order chi connectivity index (χ1) is 5.65. The molecule has 1 rings (SSSR count). The summed E-state index contributed by atoms with van der Waals surface area (Å²) in [7, 11) is 0. The van der Waals surface area contributed by atoms with Crippen LogP contribution in [0.3, 0.4) is 0 Å². The molecule has 0 saturated carbocycles. The molecule has 0 aliphatic rings. The van der Waals surface area contributed by atoms with Crippen LogP contribution in [0.4, 0.5) is 4.39 Å². The van der Waals surface area contributed by atoms with Gasteiger partial charge in [-0.1, -0.05) is 30.7 Å². The van der Waals surface area contributed by atoms with Crippen molar-refractivity contribution in [3.8, 4) is 0 Å². The third-order valence-corrected chi connectivity index (χ3v) is 2.28. The largest absolute Gasteiger partial charge is 0.250 e. The van der Waals surface area contributed by atoms with Crippen LogP contribution in [0.2, 0.25) is 5.02 Å². The maximum absolute atomic E-state index is 12.2. The number of hydrogen-bond acceptors (Lipinski definition) is 0. The summed E-state index contributed by atoms with van der Waals surface area (Å²) >= 11 is 5.83. The van der Waals surface area contributed by atoms with Gasteiger partial charge in [0, 0.05) is 10.9 Å². The third kappa shape index (κ3) is 1.98. The Morgan fingerprint density at radius 3 is 2.67 bits per heavy atom. The number of aryl methyl sites for hydroxylation is 1. The van der Waals surface area contributed by atoms with Gasteiger partial charge in [0.15, 0.2) is 0 Å². The predicted molar refractivity (Wildman–Crippen MR) is 50.2 cm³/mol. The Bertz CT molecular complexity index is 271. The van der Waals surface area contributed by atoms with Crippen molar-refractivity contribution >= 4 is 11.6 Å². The van der Waals surface area contributed by atoms with E-state index in [2.05, 4.69) is 0 Å². The summed E-state index contributed by atoms with van der Waals surface area (Å²) in [6.45, 7) is 3.29. The Morgan fingerprint density at radius 2 is 2.17 bits per heavy atom. The summed E-state index contributed by atoms with van der Waals surface area (Å²) in [5.74, 6) is 0.745. The molecule has 2 heteroatoms. The minimum atomic E-state index is -0.402. The average Bonchev–Trinajstić information content (AvgIpc) is 2.08. The van der Waals surface area contributed by atoms with Gasteiger partial charge in [-0.3, -0.25) is 4.39 Å². The molecule has 1 aromatic rings. The van der Waals surface area contributed by atoms with Crippen LogP contribution in [0.5, 0.6) is 0 Å². The van der Waals surface area contributed by atoms with Crippen LogP contribution < -0.4 is 0 Å². The molecular weight excluding hydrogens is 175 g/mol. The molecule has 0 heterocycles. The van der Waals surface area contributed by atoms with Crippen molar-refractivity contribution in [1.29, 1.82) is 0 Å². The summed E-state index contributed by atoms with van der Waals surface area (Å²) in [6, 6.07) is 5.53. The lowest BCUT2D eigenvalue weighted by Gasteiger charge is -2.07. The molecule has 0 fully saturated rings. The SMILES string of the molecule is C[C](CF)c1ccc(Cl)c(C)c1. The third-order valence-electron chi connectivity index (χ3n) is 1.85. The maximum atomic E-state index is 12.2. The predicted octanol–water partition coefficient (Wildman–Crippen LogP) is 3.56. The van der Waals surface area contributed by atoms with E-state index in [9.17, 15) is 4.39 Å². The van der Waals surface area contributed by atoms with E-state index in [0.717, 1.165) is 22.1 Å². The monoisotopic (exact) mass is 185 g/mol. The van der Waals surface area contributed by atoms with E-state index in [1.807, 2.05) is 19.1 Å². The van der Waals surface area contributed by atoms with E-state index < -0.39 is 6.67 Å². The first kappa shape index (κ1) is 9.53. The molecule has 0 saturated heterocycles. The Balaban J connectivity index is 2.96. The van der Waals surface area contributed by atoms with Crippen molar-refractivity contribution in [2.45, 2.75) is 13.8 Å². The number of rotatable bonds is 2. The van der Waals surface area contributed by atoms with Gasteiger partial charge in [0.2, 0.25) is 0 Å². The highest BCUT2D eigenvalue weighted by molar-refractivity contribution is 6.31. The minimum Gasteiger partial charge on any atom is -0.250 e. The first-order valence-corrected chi connectivity index (χ1v) is 4.18. The molecular formula is C10H11ClF. The molecule has 0 nitrogen and oxygen atoms in total. The molecule has 0 unspecified atom stereocenters. The second kappa shape index (κ2) is 3.90. The number of halogens is 2. The summed E-state index contributed by atoms with van der Waals surface area (Å²) in [6.07, 6.45) is 0. The van der Waals surface area contributed by atoms with Crippen molar-refractivity contribution in [2.24, 2.45) is 0 Å². The number of benzene rings is 1. The van der Waals surface area contributed by atoms with Crippen LogP contribution in [0, 0.1) is 12.8 Å². The standard InChI is InChI=1S/C10H11ClF/c1-7-5-9(8(2)6-12)3-4-10(7)11/h3-5H,6H2,1-2H3. The molecule has 1 aromatic carbocycles. The highest BCUT2D eigenvalue weighted by Gasteiger charge is 2.06. The van der Waals surface area contributed by atoms with Crippen molar-refractivity contribution < 1.29 is 4.39 Å². The van der Waals surface area contributed by atoms with Gasteiger partial charge in [-0.2, -0.15) is 0 Å². The highest BCUT2D eigenvalue weighted by atomic mass is 35.5. The van der Waals surface area contributed by atoms with Crippen molar-refractivity contribution in [1.82, 2.24) is 0 Å². The van der Waals surface area contributed by atoms with Crippen molar-refractivity contribution in [3.05, 3.63) is 40.3 Å². The van der Waals surface area contributed by atoms with E-state index in [1.165, 1.54) is 0 Å². The zero-order valence-corrected chi connectivity index (χ0v) is 7.95. The Kier molecular flexibility index (Phi) is 3.10. The van der Waals surface area contributed by atoms with Gasteiger partial charge < -0.3 is 0 Å². The Morgan fingerprint density at radius 1 is 1.50 bits per heavy atom. The minimum absolute atomic E-state index is 0.402. The first-order valence-electron chi connectivity index (χ1n) is 3.80. The van der Waals surface area contributed by atoms with Crippen LogP contribution in [0.15, 0.2) is 18.2 Å². The van der Waals surface area contributed by atoms with Crippen LogP contribution in [-0.4, -0.2) is 6.67 Å². The molecule has 0 N–H and O–H groups in total. The zero-order valence-electron chi connectivity index (χ0n) is 7.20. The van der Waals surface area contributed by atoms with E-state index in [-0.39, 0.29) is 0 Å². The molecule has 0 bridgehead atoms. The van der Waals surface area contributed by atoms with Crippen LogP contribution in [0.25, 0.3) is 0 Å². The van der Waals surface area contributed by atoms with E-state index in [0.29, 0.717) is 0 Å². The fourth-order valence-electron chi connectivity index (χ4n) is 0.987. The average molecular weight is 186 g/mol. The molecule has 1 radical (unpaired) electrons. The molecule has 65 valence electrons. The van der Waals surface area contributed by atoms with Gasteiger partial charge in [-0.15, -0.1) is 0 Å². The van der Waals surface area contributed by atoms with Crippen molar-refractivity contribution in [2.75, 3.05) is 6.67 Å². The van der Waals surface area contributed by atoms with E-state index in [1.54, 1.807) is 13.0 Å². The summed E-state index contributed by atoms with van der Waals surface area (Å²) in [5, 5.41) is 0.727. The van der Waals surface area contributed by atoms with E-state index >= 15 is 0 Å². The Hall–Kier alpha value is -0.560. The van der Waals surface area contributed by atoms with Gasteiger partial charge in [-0.05, 0) is 24.1 Å². The Labute approximate surface area is 77.4 Å². The topological polar surface area (TPSA) is 0 Å². The van der Waals surface area contributed by atoms with Gasteiger partial charge in [0.25, 0.3) is 0 Å². The molecule has 0 amide bonds. The van der Waals surface area contributed by atoms with Gasteiger partial charge in [0.1, 0.15) is 0 Å².